The van der Waals surface area contributed by atoms with E-state index in [-0.39, 0.29) is 0 Å². The monoisotopic (exact) mass is 253 g/mol. The van der Waals surface area contributed by atoms with Crippen LogP contribution in [0.3, 0.4) is 0 Å². The van der Waals surface area contributed by atoms with E-state index in [0.717, 1.165) is 16.3 Å². The van der Waals surface area contributed by atoms with Gasteiger partial charge in [-0.1, -0.05) is 36.4 Å². The highest BCUT2D eigenvalue weighted by molar-refractivity contribution is 7.16. The second kappa shape index (κ2) is 5.02. The smallest absolute Gasteiger partial charge is 0.0981 e. The first-order valence-corrected chi connectivity index (χ1v) is 6.50. The van der Waals surface area contributed by atoms with E-state index in [1.165, 1.54) is 4.70 Å². The Hall–Kier alpha value is -2.13. The van der Waals surface area contributed by atoms with Gasteiger partial charge in [0.2, 0.25) is 0 Å². The van der Waals surface area contributed by atoms with Gasteiger partial charge < -0.3 is 4.42 Å². The van der Waals surface area contributed by atoms with Gasteiger partial charge in [-0.25, -0.2) is 4.98 Å². The Balaban J connectivity index is 0.000000111. The van der Waals surface area contributed by atoms with E-state index >= 15 is 0 Å². The minimum Gasteiger partial charge on any atom is -0.471 e. The summed E-state index contributed by atoms with van der Waals surface area (Å²) in [5, 5.41) is 2.33. The van der Waals surface area contributed by atoms with Crippen LogP contribution >= 0.6 is 11.3 Å². The van der Waals surface area contributed by atoms with Crippen LogP contribution in [0.5, 0.6) is 0 Å². The zero-order valence-electron chi connectivity index (χ0n) is 9.61. The number of hydrogen-bond donors (Lipinski definition) is 0. The SMILES string of the molecule is c1ccc2cocc2c1.c1ccc2scnc2c1. The minimum absolute atomic E-state index is 1.10. The highest BCUT2D eigenvalue weighted by Gasteiger charge is 1.90. The number of rotatable bonds is 0. The first-order chi connectivity index (χ1) is 8.93. The van der Waals surface area contributed by atoms with E-state index in [4.69, 9.17) is 4.42 Å². The van der Waals surface area contributed by atoms with Gasteiger partial charge in [-0.15, -0.1) is 11.3 Å². The summed E-state index contributed by atoms with van der Waals surface area (Å²) in [6.45, 7) is 0. The van der Waals surface area contributed by atoms with E-state index in [1.807, 2.05) is 48.0 Å². The summed E-state index contributed by atoms with van der Waals surface area (Å²) in [5.41, 5.74) is 2.97. The summed E-state index contributed by atoms with van der Waals surface area (Å²) in [6.07, 6.45) is 3.49. The summed E-state index contributed by atoms with van der Waals surface area (Å²) in [7, 11) is 0. The summed E-state index contributed by atoms with van der Waals surface area (Å²) < 4.78 is 6.23. The fourth-order valence-electron chi connectivity index (χ4n) is 1.71. The highest BCUT2D eigenvalue weighted by Crippen LogP contribution is 2.15. The Morgan fingerprint density at radius 1 is 0.833 bits per heavy atom. The number of hydrogen-bond acceptors (Lipinski definition) is 3. The molecule has 0 N–H and O–H groups in total. The average Bonchev–Trinajstić information content (AvgIpc) is 3.08. The molecular weight excluding hydrogens is 242 g/mol. The molecular formula is C15H11NOS. The summed E-state index contributed by atoms with van der Waals surface area (Å²) in [6, 6.07) is 16.2. The lowest BCUT2D eigenvalue weighted by Gasteiger charge is -1.80. The molecule has 0 saturated carbocycles. The van der Waals surface area contributed by atoms with Crippen LogP contribution < -0.4 is 0 Å². The van der Waals surface area contributed by atoms with E-state index in [9.17, 15) is 0 Å². The van der Waals surface area contributed by atoms with Crippen molar-refractivity contribution in [2.75, 3.05) is 0 Å². The second-order valence-corrected chi connectivity index (χ2v) is 4.71. The molecule has 0 bridgehead atoms. The molecule has 2 heterocycles. The fourth-order valence-corrected chi connectivity index (χ4v) is 2.39. The van der Waals surface area contributed by atoms with Crippen molar-refractivity contribution in [3.8, 4) is 0 Å². The zero-order valence-corrected chi connectivity index (χ0v) is 10.4. The van der Waals surface area contributed by atoms with Crippen LogP contribution in [-0.2, 0) is 0 Å². The van der Waals surface area contributed by atoms with Gasteiger partial charge in [0.25, 0.3) is 0 Å². The topological polar surface area (TPSA) is 26.0 Å². The normalized spacial score (nSPS) is 10.2. The third-order valence-corrected chi connectivity index (χ3v) is 3.43. The van der Waals surface area contributed by atoms with E-state index in [1.54, 1.807) is 23.9 Å². The predicted molar refractivity (Wildman–Crippen MR) is 75.8 cm³/mol. The summed E-state index contributed by atoms with van der Waals surface area (Å²) in [4.78, 5) is 4.14. The molecule has 4 rings (SSSR count). The quantitative estimate of drug-likeness (QED) is 0.453. The fraction of sp³-hybridized carbons (Fsp3) is 0. The zero-order chi connectivity index (χ0) is 12.2. The van der Waals surface area contributed by atoms with Gasteiger partial charge >= 0.3 is 0 Å². The first kappa shape index (κ1) is 11.0. The summed E-state index contributed by atoms with van der Waals surface area (Å²) >= 11 is 1.68. The van der Waals surface area contributed by atoms with E-state index in [0.29, 0.717) is 0 Å². The van der Waals surface area contributed by atoms with Crippen LogP contribution in [0.2, 0.25) is 0 Å². The molecule has 0 atom stereocenters. The number of fused-ring (bicyclic) bond motifs is 2. The third kappa shape index (κ3) is 2.26. The highest BCUT2D eigenvalue weighted by atomic mass is 32.1. The van der Waals surface area contributed by atoms with E-state index < -0.39 is 0 Å². The second-order valence-electron chi connectivity index (χ2n) is 3.82. The number of benzene rings is 2. The van der Waals surface area contributed by atoms with Gasteiger partial charge in [0.1, 0.15) is 0 Å². The molecule has 88 valence electrons. The van der Waals surface area contributed by atoms with Crippen LogP contribution in [0.25, 0.3) is 21.0 Å². The van der Waals surface area contributed by atoms with Crippen LogP contribution in [0, 0.1) is 0 Å². The lowest BCUT2D eigenvalue weighted by molar-refractivity contribution is 0.572. The molecule has 2 nitrogen and oxygen atoms in total. The van der Waals surface area contributed by atoms with Gasteiger partial charge in [0.15, 0.2) is 0 Å². The molecule has 0 aliphatic carbocycles. The van der Waals surface area contributed by atoms with Crippen molar-refractivity contribution < 1.29 is 4.42 Å². The van der Waals surface area contributed by atoms with Crippen molar-refractivity contribution in [2.45, 2.75) is 0 Å². The number of thiazole rings is 1. The maximum absolute atomic E-state index is 4.96. The maximum atomic E-state index is 4.96. The molecule has 0 radical (unpaired) electrons. The van der Waals surface area contributed by atoms with Crippen molar-refractivity contribution in [3.63, 3.8) is 0 Å². The predicted octanol–water partition coefficient (Wildman–Crippen LogP) is 4.73. The van der Waals surface area contributed by atoms with Crippen LogP contribution in [0.4, 0.5) is 0 Å². The van der Waals surface area contributed by atoms with Gasteiger partial charge in [0.05, 0.1) is 28.3 Å². The molecule has 3 heteroatoms. The van der Waals surface area contributed by atoms with Crippen molar-refractivity contribution in [1.29, 1.82) is 0 Å². The average molecular weight is 253 g/mol. The molecule has 4 aromatic rings. The van der Waals surface area contributed by atoms with Crippen molar-refractivity contribution in [3.05, 3.63) is 66.6 Å². The van der Waals surface area contributed by atoms with Crippen LogP contribution in [-0.4, -0.2) is 4.98 Å². The minimum atomic E-state index is 1.10. The van der Waals surface area contributed by atoms with Gasteiger partial charge in [-0.2, -0.15) is 0 Å². The standard InChI is InChI=1S/C8H6O.C7H5NS/c1-2-4-8-6-9-5-7(8)3-1;1-2-4-7-6(3-1)8-5-9-7/h1-6H;1-5H. The number of furan rings is 1. The lowest BCUT2D eigenvalue weighted by atomic mass is 10.2. The molecule has 0 spiro atoms. The molecule has 0 fully saturated rings. The third-order valence-electron chi connectivity index (χ3n) is 2.62. The Morgan fingerprint density at radius 2 is 1.50 bits per heavy atom. The van der Waals surface area contributed by atoms with Crippen LogP contribution in [0.1, 0.15) is 0 Å². The molecule has 0 saturated heterocycles. The Labute approximate surface area is 109 Å². The lowest BCUT2D eigenvalue weighted by Crippen LogP contribution is -1.61. The maximum Gasteiger partial charge on any atom is 0.0981 e. The first-order valence-electron chi connectivity index (χ1n) is 5.63. The van der Waals surface area contributed by atoms with Gasteiger partial charge in [0, 0.05) is 10.8 Å². The molecule has 0 aliphatic rings. The number of para-hydroxylation sites is 1. The molecule has 18 heavy (non-hydrogen) atoms. The van der Waals surface area contributed by atoms with Crippen molar-refractivity contribution in [1.82, 2.24) is 4.98 Å². The molecule has 2 aromatic carbocycles. The van der Waals surface area contributed by atoms with Crippen molar-refractivity contribution >= 4 is 32.3 Å². The van der Waals surface area contributed by atoms with Crippen LogP contribution in [0.15, 0.2) is 71.0 Å². The molecule has 2 aromatic heterocycles. The largest absolute Gasteiger partial charge is 0.471 e. The van der Waals surface area contributed by atoms with Crippen molar-refractivity contribution in [2.24, 2.45) is 0 Å². The Kier molecular flexibility index (Phi) is 3.07. The molecule has 0 amide bonds. The number of nitrogens with zero attached hydrogens (tertiary/aromatic N) is 1. The number of aromatic nitrogens is 1. The van der Waals surface area contributed by atoms with E-state index in [2.05, 4.69) is 11.1 Å². The molecule has 0 unspecified atom stereocenters. The molecule has 0 aliphatic heterocycles. The Morgan fingerprint density at radius 3 is 2.22 bits per heavy atom. The summed E-state index contributed by atoms with van der Waals surface area (Å²) in [5.74, 6) is 0. The van der Waals surface area contributed by atoms with Gasteiger partial charge in [-0.05, 0) is 12.1 Å². The Bertz CT molecular complexity index is 630. The van der Waals surface area contributed by atoms with Gasteiger partial charge in [-0.3, -0.25) is 0 Å².